The normalized spacial score (nSPS) is 36.2. The Morgan fingerprint density at radius 1 is 0.500 bits per heavy atom. The SMILES string of the molecule is O=CP1(F)=NP(F)(F)=NP(F)(F)=NP(F)(F)=NP(F)(C=O)=N1. The minimum Gasteiger partial charge on any atom is -0.292 e. The average Bonchev–Trinajstić information content (AvgIpc) is 2.22. The van der Waals surface area contributed by atoms with Crippen LogP contribution in [0, 0.1) is 0 Å². The van der Waals surface area contributed by atoms with E-state index in [0.717, 1.165) is 0 Å². The zero-order valence-corrected chi connectivity index (χ0v) is 13.9. The molecule has 1 aliphatic rings. The second-order valence-corrected chi connectivity index (χ2v) is 12.2. The summed E-state index contributed by atoms with van der Waals surface area (Å²) >= 11 is 0. The molecule has 20 heteroatoms. The zero-order chi connectivity index (χ0) is 17.4. The van der Waals surface area contributed by atoms with E-state index in [0.29, 0.717) is 0 Å². The molecular formula is C2H2F8N5O2P5. The molecule has 1 rings (SSSR count). The van der Waals surface area contributed by atoms with Crippen molar-refractivity contribution < 1.29 is 43.2 Å². The quantitative estimate of drug-likeness (QED) is 0.249. The topological polar surface area (TPSA) is 95.9 Å². The monoisotopic (exact) mass is 435 g/mol. The number of rotatable bonds is 2. The highest BCUT2D eigenvalue weighted by atomic mass is 31.3. The molecular weight excluding hydrogens is 433 g/mol. The zero-order valence-electron chi connectivity index (χ0n) is 9.47. The van der Waals surface area contributed by atoms with E-state index in [-0.39, 0.29) is 0 Å². The van der Waals surface area contributed by atoms with Gasteiger partial charge in [-0.2, -0.15) is 12.9 Å². The summed E-state index contributed by atoms with van der Waals surface area (Å²) in [7, 11) is -31.8. The summed E-state index contributed by atoms with van der Waals surface area (Å²) in [5.74, 6) is 0. The van der Waals surface area contributed by atoms with Crippen molar-refractivity contribution in [3.05, 3.63) is 0 Å². The van der Waals surface area contributed by atoms with Crippen LogP contribution in [0.2, 0.25) is 0 Å². The lowest BCUT2D eigenvalue weighted by Crippen LogP contribution is -1.76. The Bertz CT molecular complexity index is 767. The summed E-state index contributed by atoms with van der Waals surface area (Å²) in [6, 6.07) is -2.15. The fraction of sp³-hybridized carbons (Fsp3) is 0. The maximum absolute atomic E-state index is 13.7. The number of nitrogens with zero attached hydrogens (tertiary/aromatic N) is 5. The summed E-state index contributed by atoms with van der Waals surface area (Å²) in [5, 5.41) is 0. The van der Waals surface area contributed by atoms with Crippen LogP contribution in [0.4, 0.5) is 33.6 Å². The third-order valence-electron chi connectivity index (χ3n) is 1.42. The predicted molar refractivity (Wildman–Crippen MR) is 69.1 cm³/mol. The van der Waals surface area contributed by atoms with Gasteiger partial charge in [0, 0.05) is 0 Å². The van der Waals surface area contributed by atoms with E-state index >= 15 is 0 Å². The second kappa shape index (κ2) is 6.10. The Kier molecular flexibility index (Phi) is 5.53. The summed E-state index contributed by atoms with van der Waals surface area (Å²) < 4.78 is 114. The Labute approximate surface area is 117 Å². The van der Waals surface area contributed by atoms with Gasteiger partial charge in [0.2, 0.25) is 12.1 Å². The molecule has 0 aliphatic carbocycles. The third kappa shape index (κ3) is 5.53. The van der Waals surface area contributed by atoms with Crippen molar-refractivity contribution in [1.82, 2.24) is 0 Å². The Hall–Kier alpha value is -0.0700. The molecule has 0 N–H and O–H groups in total. The van der Waals surface area contributed by atoms with Crippen molar-refractivity contribution in [3.8, 4) is 0 Å². The molecule has 0 saturated heterocycles. The number of hydrogen-bond acceptors (Lipinski definition) is 7. The summed E-state index contributed by atoms with van der Waals surface area (Å²) in [6.07, 6.45) is 0. The first-order chi connectivity index (χ1) is 9.66. The fourth-order valence-corrected chi connectivity index (χ4v) is 9.80. The summed E-state index contributed by atoms with van der Waals surface area (Å²) in [5.41, 5.74) is 0. The third-order valence-corrected chi connectivity index (χ3v) is 11.1. The van der Waals surface area contributed by atoms with Crippen LogP contribution in [0.25, 0.3) is 0 Å². The fourth-order valence-electron chi connectivity index (χ4n) is 0.911. The molecule has 0 aromatic heterocycles. The molecule has 2 unspecified atom stereocenters. The van der Waals surface area contributed by atoms with E-state index in [1.807, 2.05) is 4.52 Å². The van der Waals surface area contributed by atoms with E-state index in [9.17, 15) is 43.2 Å². The molecule has 0 fully saturated rings. The van der Waals surface area contributed by atoms with Gasteiger partial charge in [-0.15, -0.1) is 43.2 Å². The largest absolute Gasteiger partial charge is 0.425 e. The minimum atomic E-state index is -6.74. The first-order valence-electron chi connectivity index (χ1n) is 4.34. The van der Waals surface area contributed by atoms with Crippen LogP contribution in [-0.2, 0) is 9.59 Å². The molecule has 128 valence electrons. The van der Waals surface area contributed by atoms with Crippen LogP contribution in [-0.4, -0.2) is 12.1 Å². The molecule has 0 amide bonds. The van der Waals surface area contributed by atoms with Crippen molar-refractivity contribution in [1.29, 1.82) is 0 Å². The van der Waals surface area contributed by atoms with E-state index in [2.05, 4.69) is 0 Å². The summed E-state index contributed by atoms with van der Waals surface area (Å²) in [4.78, 5) is 20.8. The van der Waals surface area contributed by atoms with Crippen LogP contribution >= 0.6 is 38.5 Å². The highest BCUT2D eigenvalue weighted by Crippen LogP contribution is 2.81. The lowest BCUT2D eigenvalue weighted by molar-refractivity contribution is 0.566. The smallest absolute Gasteiger partial charge is 0.292 e. The van der Waals surface area contributed by atoms with Crippen LogP contribution in [0.3, 0.4) is 0 Å². The Balaban J connectivity index is 4.12. The molecule has 1 heterocycles. The first kappa shape index (κ1) is 20.0. The highest BCUT2D eigenvalue weighted by molar-refractivity contribution is 7.89. The Morgan fingerprint density at radius 3 is 1.23 bits per heavy atom. The predicted octanol–water partition coefficient (Wildman–Crippen LogP) is 8.04. The maximum Gasteiger partial charge on any atom is 0.425 e. The molecule has 22 heavy (non-hydrogen) atoms. The Morgan fingerprint density at radius 2 is 0.818 bits per heavy atom. The lowest BCUT2D eigenvalue weighted by atomic mass is 11.8. The molecule has 0 aromatic carbocycles. The molecule has 2 atom stereocenters. The van der Waals surface area contributed by atoms with Gasteiger partial charge in [-0.25, -0.2) is 0 Å². The van der Waals surface area contributed by atoms with Crippen LogP contribution in [0.5, 0.6) is 0 Å². The van der Waals surface area contributed by atoms with Crippen molar-refractivity contribution in [2.24, 2.45) is 22.6 Å². The number of halogens is 8. The molecule has 1 aliphatic heterocycles. The number of carbonyl (C=O) groups excluding carboxylic acids is 2. The summed E-state index contributed by atoms with van der Waals surface area (Å²) in [6.45, 7) is 0. The minimum absolute atomic E-state index is 1.07. The standard InChI is InChI=1S/C2H2F8N5O2P5/c3-18(1-16)11-19(4,2-17)13-21(7,8)15-22(9,10)14-20(5,6)12-18/h1-2H. The maximum atomic E-state index is 13.7. The van der Waals surface area contributed by atoms with Gasteiger partial charge in [0.1, 0.15) is 0 Å². The molecule has 0 aromatic rings. The molecule has 0 spiro atoms. The van der Waals surface area contributed by atoms with E-state index in [1.54, 1.807) is 9.03 Å². The van der Waals surface area contributed by atoms with Crippen molar-refractivity contribution in [2.45, 2.75) is 0 Å². The molecule has 0 saturated carbocycles. The van der Waals surface area contributed by atoms with Crippen molar-refractivity contribution >= 4 is 50.6 Å². The van der Waals surface area contributed by atoms with Gasteiger partial charge in [0.25, 0.3) is 0 Å². The van der Waals surface area contributed by atoms with Gasteiger partial charge in [0.05, 0.1) is 0 Å². The van der Waals surface area contributed by atoms with Gasteiger partial charge in [-0.05, 0) is 0 Å². The number of hydrogen-bond donors (Lipinski definition) is 0. The number of carbonyl (C=O) groups is 2. The van der Waals surface area contributed by atoms with Gasteiger partial charge in [-0.1, -0.05) is 0 Å². The van der Waals surface area contributed by atoms with Crippen molar-refractivity contribution in [3.63, 3.8) is 0 Å². The van der Waals surface area contributed by atoms with E-state index in [1.165, 1.54) is 9.03 Å². The van der Waals surface area contributed by atoms with E-state index in [4.69, 9.17) is 0 Å². The van der Waals surface area contributed by atoms with Crippen molar-refractivity contribution in [2.75, 3.05) is 0 Å². The van der Waals surface area contributed by atoms with Gasteiger partial charge in [0.15, 0.2) is 0 Å². The van der Waals surface area contributed by atoms with Gasteiger partial charge >= 0.3 is 38.5 Å². The molecule has 0 bridgehead atoms. The highest BCUT2D eigenvalue weighted by Gasteiger charge is 2.39. The van der Waals surface area contributed by atoms with Crippen LogP contribution in [0.15, 0.2) is 22.6 Å². The molecule has 0 radical (unpaired) electrons. The second-order valence-electron chi connectivity index (χ2n) is 3.16. The van der Waals surface area contributed by atoms with Gasteiger partial charge < -0.3 is 0 Å². The lowest BCUT2D eigenvalue weighted by Gasteiger charge is -2.11. The van der Waals surface area contributed by atoms with Crippen LogP contribution in [0.1, 0.15) is 0 Å². The van der Waals surface area contributed by atoms with Gasteiger partial charge in [-0.3, -0.25) is 9.59 Å². The van der Waals surface area contributed by atoms with E-state index < -0.39 is 50.6 Å². The average molecular weight is 435 g/mol. The first-order valence-corrected chi connectivity index (χ1v) is 12.1. The molecule has 7 nitrogen and oxygen atoms in total. The van der Waals surface area contributed by atoms with Crippen LogP contribution < -0.4 is 0 Å².